The van der Waals surface area contributed by atoms with E-state index >= 15 is 0 Å². The van der Waals surface area contributed by atoms with E-state index in [0.29, 0.717) is 17.9 Å². The van der Waals surface area contributed by atoms with Crippen LogP contribution < -0.4 is 5.32 Å². The fourth-order valence-corrected chi connectivity index (χ4v) is 2.26. The minimum atomic E-state index is -4.72. The number of carbonyl (C=O) groups excluding carboxylic acids is 2. The van der Waals surface area contributed by atoms with Gasteiger partial charge in [0, 0.05) is 24.6 Å². The molecule has 10 heteroatoms. The van der Waals surface area contributed by atoms with Crippen LogP contribution in [0.25, 0.3) is 5.70 Å². The molecule has 0 bridgehead atoms. The lowest BCUT2D eigenvalue weighted by atomic mass is 10.1. The number of halogens is 4. The molecule has 162 valence electrons. The highest BCUT2D eigenvalue weighted by atomic mass is 19.4. The van der Waals surface area contributed by atoms with Crippen LogP contribution in [0.15, 0.2) is 52.5 Å². The molecular weight excluding hydrogens is 406 g/mol. The number of allylic oxidation sites excluding steroid dienone is 1. The fourth-order valence-electron chi connectivity index (χ4n) is 2.26. The van der Waals surface area contributed by atoms with Crippen LogP contribution in [0.2, 0.25) is 0 Å². The van der Waals surface area contributed by atoms with Gasteiger partial charge in [-0.3, -0.25) is 9.79 Å². The number of rotatable bonds is 8. The Kier molecular flexibility index (Phi) is 9.10. The fraction of sp³-hybridized carbons (Fsp3) is 0.300. The number of methoxy groups -OCH3 is 1. The molecule has 0 fully saturated rings. The van der Waals surface area contributed by atoms with Crippen LogP contribution in [0.1, 0.15) is 18.9 Å². The Morgan fingerprint density at radius 1 is 1.37 bits per heavy atom. The molecule has 1 rings (SSSR count). The minimum absolute atomic E-state index is 0.0984. The molecule has 30 heavy (non-hydrogen) atoms. The van der Waals surface area contributed by atoms with E-state index in [2.05, 4.69) is 21.9 Å². The smallest absolute Gasteiger partial charge is 0.432 e. The largest absolute Gasteiger partial charge is 0.483 e. The van der Waals surface area contributed by atoms with Crippen molar-refractivity contribution in [2.75, 3.05) is 14.2 Å². The number of aldehydes is 1. The van der Waals surface area contributed by atoms with Gasteiger partial charge in [-0.1, -0.05) is 18.7 Å². The predicted molar refractivity (Wildman–Crippen MR) is 106 cm³/mol. The molecule has 1 aromatic carbocycles. The molecular formula is C20H21F4N3O3. The van der Waals surface area contributed by atoms with E-state index in [0.717, 1.165) is 7.05 Å². The van der Waals surface area contributed by atoms with E-state index in [9.17, 15) is 27.2 Å². The summed E-state index contributed by atoms with van der Waals surface area (Å²) < 4.78 is 57.0. The molecule has 1 unspecified atom stereocenters. The van der Waals surface area contributed by atoms with Crippen molar-refractivity contribution in [3.8, 4) is 0 Å². The Morgan fingerprint density at radius 2 is 2.03 bits per heavy atom. The molecule has 1 atom stereocenters. The molecule has 1 amide bonds. The normalized spacial score (nSPS) is 14.2. The Bertz CT molecular complexity index is 890. The van der Waals surface area contributed by atoms with Crippen molar-refractivity contribution in [3.05, 3.63) is 53.9 Å². The van der Waals surface area contributed by atoms with Crippen molar-refractivity contribution in [1.29, 1.82) is 0 Å². The third-order valence-electron chi connectivity index (χ3n) is 3.79. The number of alkyl halides is 3. The lowest BCUT2D eigenvalue weighted by molar-refractivity contribution is -0.118. The topological polar surface area (TPSA) is 80.1 Å². The SMILES string of the molecule is C=C(N=C(OC)C(CC=O)NC(=O)/C(C)=C/C(=NC)C(F)(F)F)c1cccc(F)c1. The maximum Gasteiger partial charge on any atom is 0.432 e. The summed E-state index contributed by atoms with van der Waals surface area (Å²) in [5, 5.41) is 2.39. The van der Waals surface area contributed by atoms with Crippen molar-refractivity contribution in [3.63, 3.8) is 0 Å². The van der Waals surface area contributed by atoms with Gasteiger partial charge in [-0.2, -0.15) is 13.2 Å². The lowest BCUT2D eigenvalue weighted by Gasteiger charge is -2.18. The van der Waals surface area contributed by atoms with Gasteiger partial charge in [0.2, 0.25) is 11.8 Å². The van der Waals surface area contributed by atoms with Gasteiger partial charge < -0.3 is 14.8 Å². The average molecular weight is 427 g/mol. The zero-order chi connectivity index (χ0) is 22.9. The molecule has 1 aromatic rings. The van der Waals surface area contributed by atoms with Gasteiger partial charge in [0.1, 0.15) is 23.9 Å². The van der Waals surface area contributed by atoms with E-state index < -0.39 is 29.7 Å². The highest BCUT2D eigenvalue weighted by Gasteiger charge is 2.34. The third kappa shape index (κ3) is 7.26. The number of amides is 1. The predicted octanol–water partition coefficient (Wildman–Crippen LogP) is 3.49. The maximum absolute atomic E-state index is 13.4. The number of hydrogen-bond donors (Lipinski definition) is 1. The Balaban J connectivity index is 3.12. The minimum Gasteiger partial charge on any atom is -0.483 e. The Labute approximate surface area is 171 Å². The van der Waals surface area contributed by atoms with E-state index in [1.54, 1.807) is 6.07 Å². The van der Waals surface area contributed by atoms with E-state index in [1.807, 2.05) is 0 Å². The number of carbonyl (C=O) groups is 2. The number of aliphatic imine (C=N–C) groups is 2. The quantitative estimate of drug-likeness (QED) is 0.227. The van der Waals surface area contributed by atoms with E-state index in [-0.39, 0.29) is 23.6 Å². The van der Waals surface area contributed by atoms with E-state index in [4.69, 9.17) is 4.74 Å². The second-order valence-corrected chi connectivity index (χ2v) is 5.97. The Morgan fingerprint density at radius 3 is 2.53 bits per heavy atom. The van der Waals surface area contributed by atoms with Crippen molar-refractivity contribution in [2.24, 2.45) is 9.98 Å². The monoisotopic (exact) mass is 427 g/mol. The average Bonchev–Trinajstić information content (AvgIpc) is 2.68. The first-order chi connectivity index (χ1) is 14.0. The van der Waals surface area contributed by atoms with Crippen LogP contribution in [-0.2, 0) is 14.3 Å². The summed E-state index contributed by atoms with van der Waals surface area (Å²) >= 11 is 0. The van der Waals surface area contributed by atoms with Gasteiger partial charge in [-0.05, 0) is 25.1 Å². The maximum atomic E-state index is 13.4. The third-order valence-corrected chi connectivity index (χ3v) is 3.79. The summed E-state index contributed by atoms with van der Waals surface area (Å²) in [6.07, 6.45) is -3.92. The van der Waals surface area contributed by atoms with Gasteiger partial charge in [0.25, 0.3) is 0 Å². The number of nitrogens with zero attached hydrogens (tertiary/aromatic N) is 2. The van der Waals surface area contributed by atoms with Gasteiger partial charge in [0.05, 0.1) is 12.8 Å². The van der Waals surface area contributed by atoms with Crippen molar-refractivity contribution in [1.82, 2.24) is 5.32 Å². The lowest BCUT2D eigenvalue weighted by Crippen LogP contribution is -2.42. The zero-order valence-corrected chi connectivity index (χ0v) is 16.6. The number of ether oxygens (including phenoxy) is 1. The summed E-state index contributed by atoms with van der Waals surface area (Å²) in [7, 11) is 2.18. The summed E-state index contributed by atoms with van der Waals surface area (Å²) in [5.74, 6) is -1.52. The summed E-state index contributed by atoms with van der Waals surface area (Å²) in [5.41, 5.74) is -1.09. The summed E-state index contributed by atoms with van der Waals surface area (Å²) in [6.45, 7) is 4.87. The molecule has 0 aromatic heterocycles. The molecule has 0 aliphatic carbocycles. The van der Waals surface area contributed by atoms with Crippen LogP contribution in [-0.4, -0.2) is 50.2 Å². The van der Waals surface area contributed by atoms with E-state index in [1.165, 1.54) is 32.2 Å². The second kappa shape index (κ2) is 11.0. The highest BCUT2D eigenvalue weighted by Crippen LogP contribution is 2.19. The molecule has 0 spiro atoms. The van der Waals surface area contributed by atoms with Crippen LogP contribution in [0.3, 0.4) is 0 Å². The van der Waals surface area contributed by atoms with Crippen LogP contribution in [0.5, 0.6) is 0 Å². The number of nitrogens with one attached hydrogen (secondary N) is 1. The van der Waals surface area contributed by atoms with Crippen molar-refractivity contribution >= 4 is 29.5 Å². The highest BCUT2D eigenvalue weighted by molar-refractivity contribution is 6.07. The Hall–Kier alpha value is -3.30. The van der Waals surface area contributed by atoms with Gasteiger partial charge in [-0.15, -0.1) is 0 Å². The number of hydrogen-bond acceptors (Lipinski definition) is 5. The van der Waals surface area contributed by atoms with Crippen LogP contribution in [0.4, 0.5) is 17.6 Å². The molecule has 0 aliphatic rings. The van der Waals surface area contributed by atoms with Crippen molar-refractivity contribution in [2.45, 2.75) is 25.6 Å². The molecule has 0 saturated carbocycles. The number of benzene rings is 1. The molecule has 0 aliphatic heterocycles. The zero-order valence-electron chi connectivity index (χ0n) is 16.6. The second-order valence-electron chi connectivity index (χ2n) is 5.97. The van der Waals surface area contributed by atoms with Gasteiger partial charge in [-0.25, -0.2) is 9.38 Å². The molecule has 6 nitrogen and oxygen atoms in total. The standard InChI is InChI=1S/C20H21F4N3O3/c1-12(10-17(25-3)20(22,23)24)18(29)27-16(8-9-28)19(30-4)26-13(2)14-6-5-7-15(21)11-14/h5-7,9-11,16H,2,8H2,1,3-4H3,(H,27,29)/b12-10+,25-17?,26-19?. The molecule has 1 N–H and O–H groups in total. The van der Waals surface area contributed by atoms with Gasteiger partial charge in [0.15, 0.2) is 0 Å². The summed E-state index contributed by atoms with van der Waals surface area (Å²) in [4.78, 5) is 30.6. The van der Waals surface area contributed by atoms with Gasteiger partial charge >= 0.3 is 6.18 Å². The van der Waals surface area contributed by atoms with Crippen LogP contribution >= 0.6 is 0 Å². The molecule has 0 radical (unpaired) electrons. The first-order valence-electron chi connectivity index (χ1n) is 8.57. The summed E-state index contributed by atoms with van der Waals surface area (Å²) in [6, 6.07) is 4.33. The first-order valence-corrected chi connectivity index (χ1v) is 8.57. The molecule has 0 heterocycles. The van der Waals surface area contributed by atoms with Crippen LogP contribution in [0, 0.1) is 5.82 Å². The first kappa shape index (κ1) is 24.7. The molecule has 0 saturated heterocycles. The van der Waals surface area contributed by atoms with Crippen molar-refractivity contribution < 1.29 is 31.9 Å².